The summed E-state index contributed by atoms with van der Waals surface area (Å²) < 4.78 is 10.7. The molecular weight excluding hydrogens is 344 g/mol. The van der Waals surface area contributed by atoms with Gasteiger partial charge in [-0.2, -0.15) is 0 Å². The van der Waals surface area contributed by atoms with E-state index < -0.39 is 0 Å². The van der Waals surface area contributed by atoms with Gasteiger partial charge in [0.2, 0.25) is 5.91 Å². The Morgan fingerprint density at radius 1 is 1.07 bits per heavy atom. The number of hydrogen-bond donors (Lipinski definition) is 1. The molecule has 2 amide bonds. The molecule has 0 saturated heterocycles. The van der Waals surface area contributed by atoms with Gasteiger partial charge in [0.25, 0.3) is 5.91 Å². The molecule has 0 aromatic heterocycles. The van der Waals surface area contributed by atoms with Crippen LogP contribution in [0.25, 0.3) is 0 Å². The van der Waals surface area contributed by atoms with Gasteiger partial charge in [-0.1, -0.05) is 17.7 Å². The number of nitrogens with zero attached hydrogens (tertiary/aromatic N) is 1. The lowest BCUT2D eigenvalue weighted by Crippen LogP contribution is -2.40. The Labute approximate surface area is 160 Å². The van der Waals surface area contributed by atoms with E-state index in [0.717, 1.165) is 11.1 Å². The van der Waals surface area contributed by atoms with E-state index in [1.54, 1.807) is 31.4 Å². The summed E-state index contributed by atoms with van der Waals surface area (Å²) in [6, 6.07) is 12.8. The van der Waals surface area contributed by atoms with E-state index in [2.05, 4.69) is 5.32 Å². The Kier molecular flexibility index (Phi) is 7.23. The standard InChI is InChI=1S/C21H26N2O4/c1-5-23(13-20(24)22-17-7-9-18(26-4)10-8-17)21(25)14-27-19-11-6-15(2)12-16(19)3/h6-12H,5,13-14H2,1-4H3,(H,22,24). The number of rotatable bonds is 8. The monoisotopic (exact) mass is 370 g/mol. The van der Waals surface area contributed by atoms with Gasteiger partial charge in [0.1, 0.15) is 11.5 Å². The number of carbonyl (C=O) groups excluding carboxylic acids is 2. The molecule has 0 fully saturated rings. The van der Waals surface area contributed by atoms with Gasteiger partial charge in [0.15, 0.2) is 6.61 Å². The van der Waals surface area contributed by atoms with Gasteiger partial charge in [0.05, 0.1) is 13.7 Å². The summed E-state index contributed by atoms with van der Waals surface area (Å²) in [4.78, 5) is 26.1. The summed E-state index contributed by atoms with van der Waals surface area (Å²) in [6.07, 6.45) is 0. The molecule has 6 heteroatoms. The van der Waals surface area contributed by atoms with Crippen molar-refractivity contribution in [3.63, 3.8) is 0 Å². The number of nitrogens with one attached hydrogen (secondary N) is 1. The summed E-state index contributed by atoms with van der Waals surface area (Å²) in [5.74, 6) is 0.888. The van der Waals surface area contributed by atoms with Gasteiger partial charge in [-0.15, -0.1) is 0 Å². The van der Waals surface area contributed by atoms with Crippen LogP contribution in [0, 0.1) is 13.8 Å². The molecule has 0 saturated carbocycles. The number of ether oxygens (including phenoxy) is 2. The molecule has 144 valence electrons. The third-order valence-electron chi connectivity index (χ3n) is 4.12. The first-order chi connectivity index (χ1) is 12.9. The third kappa shape index (κ3) is 6.02. The Morgan fingerprint density at radius 3 is 2.37 bits per heavy atom. The van der Waals surface area contributed by atoms with Crippen molar-refractivity contribution >= 4 is 17.5 Å². The highest BCUT2D eigenvalue weighted by Crippen LogP contribution is 2.19. The normalized spacial score (nSPS) is 10.2. The topological polar surface area (TPSA) is 67.9 Å². The van der Waals surface area contributed by atoms with Crippen LogP contribution in [0.2, 0.25) is 0 Å². The van der Waals surface area contributed by atoms with Crippen LogP contribution >= 0.6 is 0 Å². The van der Waals surface area contributed by atoms with E-state index in [1.807, 2.05) is 39.0 Å². The minimum absolute atomic E-state index is 0.0302. The van der Waals surface area contributed by atoms with E-state index in [4.69, 9.17) is 9.47 Å². The lowest BCUT2D eigenvalue weighted by molar-refractivity contribution is -0.136. The maximum Gasteiger partial charge on any atom is 0.260 e. The highest BCUT2D eigenvalue weighted by atomic mass is 16.5. The Bertz CT molecular complexity index is 787. The number of methoxy groups -OCH3 is 1. The number of aryl methyl sites for hydroxylation is 2. The van der Waals surface area contributed by atoms with Crippen LogP contribution in [0.15, 0.2) is 42.5 Å². The first kappa shape index (κ1) is 20.3. The van der Waals surface area contributed by atoms with E-state index in [9.17, 15) is 9.59 Å². The molecular formula is C21H26N2O4. The summed E-state index contributed by atoms with van der Waals surface area (Å²) in [5.41, 5.74) is 2.76. The first-order valence-electron chi connectivity index (χ1n) is 8.84. The summed E-state index contributed by atoms with van der Waals surface area (Å²) in [5, 5.41) is 2.77. The SMILES string of the molecule is CCN(CC(=O)Nc1ccc(OC)cc1)C(=O)COc1ccc(C)cc1C. The molecule has 0 radical (unpaired) electrons. The average Bonchev–Trinajstić information content (AvgIpc) is 2.65. The van der Waals surface area contributed by atoms with Crippen LogP contribution in [0.3, 0.4) is 0 Å². The van der Waals surface area contributed by atoms with Crippen molar-refractivity contribution in [2.45, 2.75) is 20.8 Å². The molecule has 0 unspecified atom stereocenters. The molecule has 1 N–H and O–H groups in total. The Morgan fingerprint density at radius 2 is 1.78 bits per heavy atom. The number of hydrogen-bond acceptors (Lipinski definition) is 4. The fraction of sp³-hybridized carbons (Fsp3) is 0.333. The highest BCUT2D eigenvalue weighted by Gasteiger charge is 2.16. The number of anilines is 1. The molecule has 2 aromatic rings. The molecule has 0 aliphatic rings. The van der Waals surface area contributed by atoms with Gasteiger partial charge < -0.3 is 19.7 Å². The average molecular weight is 370 g/mol. The second kappa shape index (κ2) is 9.62. The predicted molar refractivity (Wildman–Crippen MR) is 105 cm³/mol. The second-order valence-electron chi connectivity index (χ2n) is 6.24. The fourth-order valence-corrected chi connectivity index (χ4v) is 2.62. The molecule has 27 heavy (non-hydrogen) atoms. The zero-order chi connectivity index (χ0) is 19.8. The lowest BCUT2D eigenvalue weighted by Gasteiger charge is -2.21. The van der Waals surface area contributed by atoms with Crippen LogP contribution < -0.4 is 14.8 Å². The van der Waals surface area contributed by atoms with Crippen LogP contribution in [0.5, 0.6) is 11.5 Å². The van der Waals surface area contributed by atoms with Crippen molar-refractivity contribution in [3.8, 4) is 11.5 Å². The van der Waals surface area contributed by atoms with Gasteiger partial charge in [0, 0.05) is 12.2 Å². The first-order valence-corrected chi connectivity index (χ1v) is 8.84. The van der Waals surface area contributed by atoms with Crippen LogP contribution in [0.4, 0.5) is 5.69 Å². The predicted octanol–water partition coefficient (Wildman–Crippen LogP) is 3.18. The Balaban J connectivity index is 1.88. The van der Waals surface area contributed by atoms with E-state index in [1.165, 1.54) is 4.90 Å². The molecule has 0 aliphatic carbocycles. The number of carbonyl (C=O) groups is 2. The van der Waals surface area contributed by atoms with Crippen LogP contribution in [0.1, 0.15) is 18.1 Å². The summed E-state index contributed by atoms with van der Waals surface area (Å²) in [7, 11) is 1.58. The molecule has 2 aromatic carbocycles. The molecule has 0 atom stereocenters. The lowest BCUT2D eigenvalue weighted by atomic mass is 10.1. The summed E-state index contributed by atoms with van der Waals surface area (Å²) >= 11 is 0. The van der Waals surface area contributed by atoms with Crippen molar-refractivity contribution in [2.24, 2.45) is 0 Å². The molecule has 0 bridgehead atoms. The number of benzene rings is 2. The van der Waals surface area contributed by atoms with Crippen molar-refractivity contribution in [2.75, 3.05) is 32.1 Å². The number of amides is 2. The van der Waals surface area contributed by atoms with E-state index in [0.29, 0.717) is 23.7 Å². The zero-order valence-corrected chi connectivity index (χ0v) is 16.2. The van der Waals surface area contributed by atoms with Gasteiger partial charge in [-0.3, -0.25) is 9.59 Å². The maximum absolute atomic E-state index is 12.4. The number of likely N-dealkylation sites (N-methyl/N-ethyl adjacent to an activating group) is 1. The van der Waals surface area contributed by atoms with Gasteiger partial charge in [-0.05, 0) is 56.7 Å². The summed E-state index contributed by atoms with van der Waals surface area (Å²) in [6.45, 7) is 6.06. The molecule has 0 spiro atoms. The van der Waals surface area contributed by atoms with E-state index in [-0.39, 0.29) is 25.0 Å². The maximum atomic E-state index is 12.4. The van der Waals surface area contributed by atoms with Crippen LogP contribution in [-0.4, -0.2) is 43.5 Å². The smallest absolute Gasteiger partial charge is 0.260 e. The zero-order valence-electron chi connectivity index (χ0n) is 16.2. The third-order valence-corrected chi connectivity index (χ3v) is 4.12. The van der Waals surface area contributed by atoms with Gasteiger partial charge in [-0.25, -0.2) is 0 Å². The largest absolute Gasteiger partial charge is 0.497 e. The molecule has 0 aliphatic heterocycles. The quantitative estimate of drug-likeness (QED) is 0.775. The highest BCUT2D eigenvalue weighted by molar-refractivity contribution is 5.94. The van der Waals surface area contributed by atoms with Crippen LogP contribution in [-0.2, 0) is 9.59 Å². The second-order valence-corrected chi connectivity index (χ2v) is 6.24. The molecule has 2 rings (SSSR count). The van der Waals surface area contributed by atoms with Crippen molar-refractivity contribution < 1.29 is 19.1 Å². The van der Waals surface area contributed by atoms with E-state index >= 15 is 0 Å². The van der Waals surface area contributed by atoms with Gasteiger partial charge >= 0.3 is 0 Å². The minimum Gasteiger partial charge on any atom is -0.497 e. The van der Waals surface area contributed by atoms with Crippen molar-refractivity contribution in [3.05, 3.63) is 53.6 Å². The minimum atomic E-state index is -0.262. The fourth-order valence-electron chi connectivity index (χ4n) is 2.62. The molecule has 6 nitrogen and oxygen atoms in total. The Hall–Kier alpha value is -3.02. The molecule has 0 heterocycles. The van der Waals surface area contributed by atoms with Crippen molar-refractivity contribution in [1.82, 2.24) is 4.90 Å². The van der Waals surface area contributed by atoms with Crippen molar-refractivity contribution in [1.29, 1.82) is 0 Å².